The molecule has 1 fully saturated rings. The Balaban J connectivity index is 2.32. The first-order chi connectivity index (χ1) is 5.34. The second-order valence-electron chi connectivity index (χ2n) is 2.54. The molecule has 1 unspecified atom stereocenters. The molecular weight excluding hydrogens is 142 g/mol. The van der Waals surface area contributed by atoms with Gasteiger partial charge in [0.15, 0.2) is 5.78 Å². The standard InChI is InChI=1S/C8H13NO2/c1-2-3-8(10)7-6-11-5-4-9-7/h2,7,9H,1,3-6H2. The SMILES string of the molecule is C=CCC(=O)C1COCCN1. The summed E-state index contributed by atoms with van der Waals surface area (Å²) in [7, 11) is 0. The minimum atomic E-state index is -0.109. The van der Waals surface area contributed by atoms with Crippen LogP contribution in [0.4, 0.5) is 0 Å². The zero-order valence-electron chi connectivity index (χ0n) is 6.51. The van der Waals surface area contributed by atoms with Crippen LogP contribution in [0, 0.1) is 0 Å². The Bertz CT molecular complexity index is 150. The number of rotatable bonds is 3. The van der Waals surface area contributed by atoms with E-state index in [0.29, 0.717) is 19.6 Å². The molecule has 62 valence electrons. The molecule has 0 aliphatic carbocycles. The predicted molar refractivity (Wildman–Crippen MR) is 42.4 cm³/mol. The fraction of sp³-hybridized carbons (Fsp3) is 0.625. The fourth-order valence-corrected chi connectivity index (χ4v) is 1.06. The van der Waals surface area contributed by atoms with Crippen LogP contribution in [-0.2, 0) is 9.53 Å². The maximum Gasteiger partial charge on any atom is 0.155 e. The Morgan fingerprint density at radius 1 is 1.82 bits per heavy atom. The van der Waals surface area contributed by atoms with Gasteiger partial charge in [0.05, 0.1) is 19.3 Å². The average Bonchev–Trinajstić information content (AvgIpc) is 2.07. The third kappa shape index (κ3) is 2.44. The number of hydrogen-bond acceptors (Lipinski definition) is 3. The van der Waals surface area contributed by atoms with Gasteiger partial charge in [0.1, 0.15) is 0 Å². The van der Waals surface area contributed by atoms with E-state index < -0.39 is 0 Å². The predicted octanol–water partition coefficient (Wildman–Crippen LogP) is 0.120. The van der Waals surface area contributed by atoms with Gasteiger partial charge in [0.25, 0.3) is 0 Å². The van der Waals surface area contributed by atoms with E-state index in [9.17, 15) is 4.79 Å². The summed E-state index contributed by atoms with van der Waals surface area (Å²) >= 11 is 0. The van der Waals surface area contributed by atoms with Gasteiger partial charge in [0.2, 0.25) is 0 Å². The number of ketones is 1. The molecule has 1 rings (SSSR count). The summed E-state index contributed by atoms with van der Waals surface area (Å²) in [6.45, 7) is 5.49. The van der Waals surface area contributed by atoms with Gasteiger partial charge >= 0.3 is 0 Å². The first-order valence-electron chi connectivity index (χ1n) is 3.79. The van der Waals surface area contributed by atoms with E-state index in [2.05, 4.69) is 11.9 Å². The van der Waals surface area contributed by atoms with E-state index in [-0.39, 0.29) is 11.8 Å². The maximum atomic E-state index is 11.2. The largest absolute Gasteiger partial charge is 0.378 e. The highest BCUT2D eigenvalue weighted by molar-refractivity contribution is 5.85. The molecule has 3 nitrogen and oxygen atoms in total. The first kappa shape index (κ1) is 8.43. The summed E-state index contributed by atoms with van der Waals surface area (Å²) in [6.07, 6.45) is 2.06. The van der Waals surface area contributed by atoms with Crippen LogP contribution < -0.4 is 5.32 Å². The van der Waals surface area contributed by atoms with E-state index in [0.717, 1.165) is 6.54 Å². The molecule has 1 saturated heterocycles. The Morgan fingerprint density at radius 2 is 2.64 bits per heavy atom. The van der Waals surface area contributed by atoms with Crippen LogP contribution in [0.2, 0.25) is 0 Å². The van der Waals surface area contributed by atoms with Gasteiger partial charge in [-0.15, -0.1) is 6.58 Å². The summed E-state index contributed by atoms with van der Waals surface area (Å²) in [5.41, 5.74) is 0. The number of nitrogens with one attached hydrogen (secondary N) is 1. The Morgan fingerprint density at radius 3 is 3.18 bits per heavy atom. The Labute approximate surface area is 66.4 Å². The van der Waals surface area contributed by atoms with Gasteiger partial charge in [-0.1, -0.05) is 6.08 Å². The van der Waals surface area contributed by atoms with Crippen LogP contribution in [0.1, 0.15) is 6.42 Å². The van der Waals surface area contributed by atoms with Crippen LogP contribution in [0.15, 0.2) is 12.7 Å². The molecule has 0 aromatic heterocycles. The topological polar surface area (TPSA) is 38.3 Å². The number of morpholine rings is 1. The van der Waals surface area contributed by atoms with Gasteiger partial charge in [-0.2, -0.15) is 0 Å². The smallest absolute Gasteiger partial charge is 0.155 e. The lowest BCUT2D eigenvalue weighted by atomic mass is 10.1. The highest BCUT2D eigenvalue weighted by Gasteiger charge is 2.19. The molecule has 1 N–H and O–H groups in total. The van der Waals surface area contributed by atoms with Crippen LogP contribution in [0.5, 0.6) is 0 Å². The molecule has 1 atom stereocenters. The third-order valence-corrected chi connectivity index (χ3v) is 1.66. The van der Waals surface area contributed by atoms with Gasteiger partial charge in [0, 0.05) is 13.0 Å². The second-order valence-corrected chi connectivity index (χ2v) is 2.54. The summed E-state index contributed by atoms with van der Waals surface area (Å²) in [5.74, 6) is 0.166. The van der Waals surface area contributed by atoms with E-state index in [1.165, 1.54) is 0 Å². The minimum Gasteiger partial charge on any atom is -0.378 e. The van der Waals surface area contributed by atoms with Crippen LogP contribution in [-0.4, -0.2) is 31.6 Å². The van der Waals surface area contributed by atoms with E-state index >= 15 is 0 Å². The number of carbonyl (C=O) groups is 1. The molecule has 0 radical (unpaired) electrons. The highest BCUT2D eigenvalue weighted by atomic mass is 16.5. The van der Waals surface area contributed by atoms with Gasteiger partial charge in [-0.25, -0.2) is 0 Å². The summed E-state index contributed by atoms with van der Waals surface area (Å²) in [5, 5.41) is 3.08. The maximum absolute atomic E-state index is 11.2. The van der Waals surface area contributed by atoms with Crippen molar-refractivity contribution in [3.05, 3.63) is 12.7 Å². The normalized spacial score (nSPS) is 24.5. The van der Waals surface area contributed by atoms with Crippen molar-refractivity contribution in [2.24, 2.45) is 0 Å². The molecule has 0 saturated carbocycles. The number of hydrogen-bond donors (Lipinski definition) is 1. The van der Waals surface area contributed by atoms with Crippen molar-refractivity contribution >= 4 is 5.78 Å². The summed E-state index contributed by atoms with van der Waals surface area (Å²) in [4.78, 5) is 11.2. The van der Waals surface area contributed by atoms with Gasteiger partial charge in [-0.3, -0.25) is 4.79 Å². The van der Waals surface area contributed by atoms with Gasteiger partial charge < -0.3 is 10.1 Å². The fourth-order valence-electron chi connectivity index (χ4n) is 1.06. The molecule has 1 aliphatic heterocycles. The summed E-state index contributed by atoms with van der Waals surface area (Å²) in [6, 6.07) is -0.109. The minimum absolute atomic E-state index is 0.109. The van der Waals surface area contributed by atoms with Crippen molar-refractivity contribution in [2.45, 2.75) is 12.5 Å². The highest BCUT2D eigenvalue weighted by Crippen LogP contribution is 1.97. The molecular formula is C8H13NO2. The molecule has 1 heterocycles. The second kappa shape index (κ2) is 4.26. The van der Waals surface area contributed by atoms with Crippen LogP contribution in [0.3, 0.4) is 0 Å². The first-order valence-corrected chi connectivity index (χ1v) is 3.79. The lowest BCUT2D eigenvalue weighted by Gasteiger charge is -2.21. The number of Topliss-reactive ketones (excluding diaryl/α,β-unsaturated/α-hetero) is 1. The molecule has 1 aliphatic rings. The number of allylic oxidation sites excluding steroid dienone is 1. The summed E-state index contributed by atoms with van der Waals surface area (Å²) < 4.78 is 5.13. The Hall–Kier alpha value is -0.670. The average molecular weight is 155 g/mol. The van der Waals surface area contributed by atoms with Crippen LogP contribution in [0.25, 0.3) is 0 Å². The molecule has 0 spiro atoms. The zero-order valence-corrected chi connectivity index (χ0v) is 6.51. The molecule has 3 heteroatoms. The zero-order chi connectivity index (χ0) is 8.10. The molecule has 0 aromatic rings. The Kier molecular flexibility index (Phi) is 3.26. The third-order valence-electron chi connectivity index (χ3n) is 1.66. The van der Waals surface area contributed by atoms with E-state index in [4.69, 9.17) is 4.74 Å². The van der Waals surface area contributed by atoms with Crippen molar-refractivity contribution < 1.29 is 9.53 Å². The van der Waals surface area contributed by atoms with Gasteiger partial charge in [-0.05, 0) is 0 Å². The van der Waals surface area contributed by atoms with Crippen molar-refractivity contribution in [3.8, 4) is 0 Å². The van der Waals surface area contributed by atoms with Crippen molar-refractivity contribution in [1.82, 2.24) is 5.32 Å². The molecule has 0 amide bonds. The van der Waals surface area contributed by atoms with Crippen molar-refractivity contribution in [1.29, 1.82) is 0 Å². The monoisotopic (exact) mass is 155 g/mol. The van der Waals surface area contributed by atoms with E-state index in [1.807, 2.05) is 0 Å². The lowest BCUT2D eigenvalue weighted by Crippen LogP contribution is -2.46. The molecule has 0 bridgehead atoms. The van der Waals surface area contributed by atoms with Crippen molar-refractivity contribution in [2.75, 3.05) is 19.8 Å². The lowest BCUT2D eigenvalue weighted by molar-refractivity contribution is -0.122. The number of ether oxygens (including phenoxy) is 1. The quantitative estimate of drug-likeness (QED) is 0.588. The van der Waals surface area contributed by atoms with Crippen molar-refractivity contribution in [3.63, 3.8) is 0 Å². The number of carbonyl (C=O) groups excluding carboxylic acids is 1. The van der Waals surface area contributed by atoms with E-state index in [1.54, 1.807) is 6.08 Å². The van der Waals surface area contributed by atoms with Crippen LogP contribution >= 0.6 is 0 Å². The molecule has 11 heavy (non-hydrogen) atoms. The molecule has 0 aromatic carbocycles.